The molecule has 0 saturated heterocycles. The van der Waals surface area contributed by atoms with Gasteiger partial charge in [0, 0.05) is 24.4 Å². The molecular weight excluding hydrogens is 350 g/mol. The normalized spacial score (nSPS) is 13.7. The zero-order chi connectivity index (χ0) is 18.2. The Morgan fingerprint density at radius 1 is 0.963 bits per heavy atom. The van der Waals surface area contributed by atoms with Gasteiger partial charge in [-0.05, 0) is 36.1 Å². The van der Waals surface area contributed by atoms with Gasteiger partial charge in [0.1, 0.15) is 16.5 Å². The van der Waals surface area contributed by atoms with Crippen LogP contribution in [-0.2, 0) is 19.4 Å². The van der Waals surface area contributed by atoms with Gasteiger partial charge in [0.05, 0.1) is 5.39 Å². The van der Waals surface area contributed by atoms with Gasteiger partial charge in [0.2, 0.25) is 0 Å². The highest BCUT2D eigenvalue weighted by Gasteiger charge is 2.21. The van der Waals surface area contributed by atoms with E-state index in [4.69, 9.17) is 9.97 Å². The second kappa shape index (κ2) is 6.78. The highest BCUT2D eigenvalue weighted by molar-refractivity contribution is 7.18. The summed E-state index contributed by atoms with van der Waals surface area (Å²) in [6.07, 6.45) is 1.84. The molecule has 27 heavy (non-hydrogen) atoms. The summed E-state index contributed by atoms with van der Waals surface area (Å²) in [5.74, 6) is 1.99. The summed E-state index contributed by atoms with van der Waals surface area (Å²) in [6.45, 7) is 4.07. The van der Waals surface area contributed by atoms with E-state index < -0.39 is 0 Å². The average molecular weight is 372 g/mol. The summed E-state index contributed by atoms with van der Waals surface area (Å²) in [6, 6.07) is 21.5. The summed E-state index contributed by atoms with van der Waals surface area (Å²) in [5.41, 5.74) is 4.12. The number of aromatic nitrogens is 2. The van der Waals surface area contributed by atoms with E-state index >= 15 is 0 Å². The second-order valence-electron chi connectivity index (χ2n) is 7.14. The van der Waals surface area contributed by atoms with E-state index in [0.717, 1.165) is 42.4 Å². The highest BCUT2D eigenvalue weighted by Crippen LogP contribution is 2.33. The van der Waals surface area contributed by atoms with Gasteiger partial charge in [0.25, 0.3) is 0 Å². The van der Waals surface area contributed by atoms with Crippen LogP contribution in [0.15, 0.2) is 60.7 Å². The van der Waals surface area contributed by atoms with Crippen molar-refractivity contribution in [2.45, 2.75) is 26.3 Å². The Bertz CT molecular complexity index is 1100. The van der Waals surface area contributed by atoms with Gasteiger partial charge < -0.3 is 4.90 Å². The Labute approximate surface area is 163 Å². The van der Waals surface area contributed by atoms with Gasteiger partial charge in [0.15, 0.2) is 0 Å². The van der Waals surface area contributed by atoms with E-state index in [1.807, 2.05) is 6.07 Å². The van der Waals surface area contributed by atoms with Crippen LogP contribution in [0.1, 0.15) is 27.4 Å². The minimum absolute atomic E-state index is 0.769. The quantitative estimate of drug-likeness (QED) is 0.498. The zero-order valence-electron chi connectivity index (χ0n) is 15.4. The van der Waals surface area contributed by atoms with Crippen molar-refractivity contribution in [3.8, 4) is 0 Å². The summed E-state index contributed by atoms with van der Waals surface area (Å²) >= 11 is 1.76. The molecule has 0 atom stereocenters. The molecule has 1 aliphatic heterocycles. The number of hydrogen-bond acceptors (Lipinski definition) is 4. The minimum Gasteiger partial charge on any atom is -0.351 e. The fourth-order valence-corrected chi connectivity index (χ4v) is 4.74. The molecule has 4 aromatic rings. The van der Waals surface area contributed by atoms with Crippen LogP contribution in [0.3, 0.4) is 0 Å². The predicted octanol–water partition coefficient (Wildman–Crippen LogP) is 5.15. The van der Waals surface area contributed by atoms with Crippen molar-refractivity contribution < 1.29 is 0 Å². The largest absolute Gasteiger partial charge is 0.351 e. The Morgan fingerprint density at radius 3 is 2.59 bits per heavy atom. The first-order chi connectivity index (χ1) is 13.3. The average Bonchev–Trinajstić information content (AvgIpc) is 3.08. The molecule has 0 fully saturated rings. The molecular formula is C23H21N3S. The molecule has 0 N–H and O–H groups in total. The van der Waals surface area contributed by atoms with Crippen LogP contribution in [0, 0.1) is 6.92 Å². The number of fused-ring (bicyclic) bond motifs is 2. The fourth-order valence-electron chi connectivity index (χ4n) is 3.84. The van der Waals surface area contributed by atoms with Crippen molar-refractivity contribution in [2.24, 2.45) is 0 Å². The molecule has 3 heterocycles. The van der Waals surface area contributed by atoms with E-state index in [9.17, 15) is 0 Å². The van der Waals surface area contributed by atoms with Crippen LogP contribution in [-0.4, -0.2) is 16.5 Å². The third-order valence-electron chi connectivity index (χ3n) is 5.18. The predicted molar refractivity (Wildman–Crippen MR) is 113 cm³/mol. The van der Waals surface area contributed by atoms with E-state index in [1.54, 1.807) is 11.3 Å². The van der Waals surface area contributed by atoms with Crippen molar-refractivity contribution in [1.29, 1.82) is 0 Å². The molecule has 0 amide bonds. The lowest BCUT2D eigenvalue weighted by Crippen LogP contribution is -2.31. The van der Waals surface area contributed by atoms with Crippen LogP contribution >= 0.6 is 11.3 Å². The van der Waals surface area contributed by atoms with Crippen LogP contribution < -0.4 is 4.90 Å². The molecule has 0 radical (unpaired) electrons. The van der Waals surface area contributed by atoms with Crippen LogP contribution in [0.5, 0.6) is 0 Å². The minimum atomic E-state index is 0.769. The Kier molecular flexibility index (Phi) is 4.13. The number of benzene rings is 2. The van der Waals surface area contributed by atoms with Gasteiger partial charge in [-0.3, -0.25) is 0 Å². The third kappa shape index (κ3) is 3.21. The van der Waals surface area contributed by atoms with E-state index in [0.29, 0.717) is 0 Å². The standard InChI is InChI=1S/C23H21N3S/c1-16-13-20-22(26-12-11-18-9-5-6-10-19(18)15-26)24-21(25-23(20)27-16)14-17-7-3-2-4-8-17/h2-10,13H,11-12,14-15H2,1H3. The van der Waals surface area contributed by atoms with E-state index in [1.165, 1.54) is 27.0 Å². The van der Waals surface area contributed by atoms with Gasteiger partial charge in [-0.15, -0.1) is 11.3 Å². The highest BCUT2D eigenvalue weighted by atomic mass is 32.1. The number of anilines is 1. The van der Waals surface area contributed by atoms with E-state index in [-0.39, 0.29) is 0 Å². The van der Waals surface area contributed by atoms with Crippen LogP contribution in [0.25, 0.3) is 10.2 Å². The van der Waals surface area contributed by atoms with Crippen molar-refractivity contribution >= 4 is 27.4 Å². The first-order valence-electron chi connectivity index (χ1n) is 9.39. The Morgan fingerprint density at radius 2 is 1.74 bits per heavy atom. The Hall–Kier alpha value is -2.72. The molecule has 0 aliphatic carbocycles. The molecule has 2 aromatic carbocycles. The molecule has 0 spiro atoms. The number of aryl methyl sites for hydroxylation is 1. The van der Waals surface area contributed by atoms with Crippen molar-refractivity contribution in [3.63, 3.8) is 0 Å². The molecule has 2 aromatic heterocycles. The third-order valence-corrected chi connectivity index (χ3v) is 6.12. The maximum absolute atomic E-state index is 5.03. The first-order valence-corrected chi connectivity index (χ1v) is 10.2. The molecule has 3 nitrogen and oxygen atoms in total. The SMILES string of the molecule is Cc1cc2c(N3CCc4ccccc4C3)nc(Cc3ccccc3)nc2s1. The molecule has 5 rings (SSSR count). The summed E-state index contributed by atoms with van der Waals surface area (Å²) < 4.78 is 0. The summed E-state index contributed by atoms with van der Waals surface area (Å²) in [7, 11) is 0. The smallest absolute Gasteiger partial charge is 0.141 e. The monoisotopic (exact) mass is 371 g/mol. The topological polar surface area (TPSA) is 29.0 Å². The molecule has 134 valence electrons. The van der Waals surface area contributed by atoms with Gasteiger partial charge in [-0.1, -0.05) is 54.6 Å². The first kappa shape index (κ1) is 16.5. The van der Waals surface area contributed by atoms with Gasteiger partial charge in [-0.2, -0.15) is 0 Å². The maximum Gasteiger partial charge on any atom is 0.141 e. The Balaban J connectivity index is 1.56. The fraction of sp³-hybridized carbons (Fsp3) is 0.217. The summed E-state index contributed by atoms with van der Waals surface area (Å²) in [5, 5.41) is 1.19. The van der Waals surface area contributed by atoms with Crippen molar-refractivity contribution in [2.75, 3.05) is 11.4 Å². The lowest BCUT2D eigenvalue weighted by atomic mass is 10.00. The molecule has 4 heteroatoms. The number of hydrogen-bond donors (Lipinski definition) is 0. The van der Waals surface area contributed by atoms with Crippen LogP contribution in [0.4, 0.5) is 5.82 Å². The maximum atomic E-state index is 5.03. The van der Waals surface area contributed by atoms with Gasteiger partial charge in [-0.25, -0.2) is 9.97 Å². The molecule has 0 unspecified atom stereocenters. The van der Waals surface area contributed by atoms with Gasteiger partial charge >= 0.3 is 0 Å². The number of nitrogens with zero attached hydrogens (tertiary/aromatic N) is 3. The number of rotatable bonds is 3. The summed E-state index contributed by atoms with van der Waals surface area (Å²) in [4.78, 5) is 14.7. The van der Waals surface area contributed by atoms with Crippen molar-refractivity contribution in [1.82, 2.24) is 9.97 Å². The molecule has 1 aliphatic rings. The van der Waals surface area contributed by atoms with Crippen LogP contribution in [0.2, 0.25) is 0 Å². The lowest BCUT2D eigenvalue weighted by molar-refractivity contribution is 0.720. The molecule has 0 bridgehead atoms. The number of thiophene rings is 1. The second-order valence-corrected chi connectivity index (χ2v) is 8.38. The van der Waals surface area contributed by atoms with Crippen molar-refractivity contribution in [3.05, 3.63) is 88.1 Å². The molecule has 0 saturated carbocycles. The lowest BCUT2D eigenvalue weighted by Gasteiger charge is -2.30. The zero-order valence-corrected chi connectivity index (χ0v) is 16.2. The van der Waals surface area contributed by atoms with E-state index in [2.05, 4.69) is 66.4 Å².